The van der Waals surface area contributed by atoms with Crippen LogP contribution >= 0.6 is 0 Å². The summed E-state index contributed by atoms with van der Waals surface area (Å²) >= 11 is 0. The zero-order chi connectivity index (χ0) is 19.6. The number of H-pyrrole nitrogens is 1. The maximum Gasteiger partial charge on any atom is 0.242 e. The molecule has 0 bridgehead atoms. The molecule has 2 N–H and O–H groups in total. The smallest absolute Gasteiger partial charge is 0.242 e. The molecule has 2 aromatic carbocycles. The number of likely N-dealkylation sites (N-methyl/N-ethyl adjacent to an activating group) is 1. The summed E-state index contributed by atoms with van der Waals surface area (Å²) in [6.07, 6.45) is 0.580. The monoisotopic (exact) mass is 368 g/mol. The van der Waals surface area contributed by atoms with Crippen molar-refractivity contribution < 1.29 is 9.18 Å². The van der Waals surface area contributed by atoms with E-state index in [2.05, 4.69) is 35.2 Å². The third kappa shape index (κ3) is 4.01. The van der Waals surface area contributed by atoms with Crippen molar-refractivity contribution in [3.05, 3.63) is 64.7 Å². The summed E-state index contributed by atoms with van der Waals surface area (Å²) in [6.45, 7) is 4.54. The van der Waals surface area contributed by atoms with Crippen molar-refractivity contribution in [2.75, 3.05) is 20.6 Å². The molecule has 3 rings (SSSR count). The molecule has 0 saturated heterocycles. The molecule has 0 aliphatic rings. The Morgan fingerprint density at radius 3 is 2.67 bits per heavy atom. The van der Waals surface area contributed by atoms with Crippen LogP contribution in [0.15, 0.2) is 36.4 Å². The highest BCUT2D eigenvalue weighted by atomic mass is 19.1. The second-order valence-corrected chi connectivity index (χ2v) is 7.02. The number of aryl methyl sites for hydroxylation is 2. The maximum absolute atomic E-state index is 14.1. The Balaban J connectivity index is 1.68. The fourth-order valence-corrected chi connectivity index (χ4v) is 3.23. The number of halogens is 1. The Morgan fingerprint density at radius 2 is 1.96 bits per heavy atom. The fourth-order valence-electron chi connectivity index (χ4n) is 3.23. The summed E-state index contributed by atoms with van der Waals surface area (Å²) < 4.78 is 14.1. The second-order valence-electron chi connectivity index (χ2n) is 7.02. The van der Waals surface area contributed by atoms with Gasteiger partial charge in [0.25, 0.3) is 0 Å². The Hall–Kier alpha value is -2.73. The van der Waals surface area contributed by atoms with Crippen LogP contribution in [0.25, 0.3) is 11.0 Å². The first-order valence-electron chi connectivity index (χ1n) is 9.02. The highest BCUT2D eigenvalue weighted by Crippen LogP contribution is 2.22. The average molecular weight is 368 g/mol. The predicted molar refractivity (Wildman–Crippen MR) is 105 cm³/mol. The number of aromatic nitrogens is 2. The van der Waals surface area contributed by atoms with E-state index in [1.165, 1.54) is 11.6 Å². The number of aromatic amines is 1. The minimum Gasteiger partial charge on any atom is -0.354 e. The van der Waals surface area contributed by atoms with Gasteiger partial charge in [0, 0.05) is 18.5 Å². The van der Waals surface area contributed by atoms with Gasteiger partial charge in [-0.15, -0.1) is 0 Å². The molecule has 0 aliphatic carbocycles. The SMILES string of the molecule is Cc1ccc2[nH]c(CCNC(=O)[C@H](c3ccccc3F)N(C)C)nc2c1C. The summed E-state index contributed by atoms with van der Waals surface area (Å²) in [5, 5.41) is 2.90. The third-order valence-corrected chi connectivity index (χ3v) is 4.85. The fraction of sp³-hybridized carbons (Fsp3) is 0.333. The predicted octanol–water partition coefficient (Wildman–Crippen LogP) is 3.28. The number of benzene rings is 2. The molecule has 6 heteroatoms. The largest absolute Gasteiger partial charge is 0.354 e. The first-order valence-corrected chi connectivity index (χ1v) is 9.02. The lowest BCUT2D eigenvalue weighted by Crippen LogP contribution is -2.38. The lowest BCUT2D eigenvalue weighted by atomic mass is 10.0. The van der Waals surface area contributed by atoms with Gasteiger partial charge in [0.05, 0.1) is 11.0 Å². The van der Waals surface area contributed by atoms with E-state index in [1.807, 2.05) is 6.07 Å². The number of carbonyl (C=O) groups excluding carboxylic acids is 1. The lowest BCUT2D eigenvalue weighted by Gasteiger charge is -2.24. The Kier molecular flexibility index (Phi) is 5.56. The number of imidazole rings is 1. The van der Waals surface area contributed by atoms with Gasteiger partial charge in [-0.2, -0.15) is 0 Å². The van der Waals surface area contributed by atoms with Gasteiger partial charge in [-0.1, -0.05) is 24.3 Å². The normalized spacial score (nSPS) is 12.5. The van der Waals surface area contributed by atoms with Crippen molar-refractivity contribution in [1.29, 1.82) is 0 Å². The van der Waals surface area contributed by atoms with E-state index in [1.54, 1.807) is 37.2 Å². The lowest BCUT2D eigenvalue weighted by molar-refractivity contribution is -0.125. The highest BCUT2D eigenvalue weighted by molar-refractivity contribution is 5.83. The van der Waals surface area contributed by atoms with Gasteiger partial charge >= 0.3 is 0 Å². The maximum atomic E-state index is 14.1. The van der Waals surface area contributed by atoms with Gasteiger partial charge in [0.15, 0.2) is 0 Å². The Morgan fingerprint density at radius 1 is 1.22 bits per heavy atom. The molecule has 0 fully saturated rings. The molecule has 0 radical (unpaired) electrons. The van der Waals surface area contributed by atoms with Crippen LogP contribution < -0.4 is 5.32 Å². The van der Waals surface area contributed by atoms with Crippen LogP contribution in [0.2, 0.25) is 0 Å². The molecule has 0 aliphatic heterocycles. The van der Waals surface area contributed by atoms with E-state index in [9.17, 15) is 9.18 Å². The Labute approximate surface area is 158 Å². The number of hydrogen-bond acceptors (Lipinski definition) is 3. The number of fused-ring (bicyclic) bond motifs is 1. The van der Waals surface area contributed by atoms with Crippen LogP contribution in [0.1, 0.15) is 28.6 Å². The highest BCUT2D eigenvalue weighted by Gasteiger charge is 2.25. The van der Waals surface area contributed by atoms with Crippen molar-refractivity contribution in [2.45, 2.75) is 26.3 Å². The minimum absolute atomic E-state index is 0.228. The summed E-state index contributed by atoms with van der Waals surface area (Å²) in [7, 11) is 3.53. The molecular weight excluding hydrogens is 343 g/mol. The van der Waals surface area contributed by atoms with Gasteiger partial charge in [0.2, 0.25) is 5.91 Å². The van der Waals surface area contributed by atoms with Gasteiger partial charge in [-0.05, 0) is 51.2 Å². The number of hydrogen-bond donors (Lipinski definition) is 2. The first-order chi connectivity index (χ1) is 12.9. The number of nitrogens with one attached hydrogen (secondary N) is 2. The summed E-state index contributed by atoms with van der Waals surface area (Å²) in [5.41, 5.74) is 4.69. The molecule has 0 spiro atoms. The minimum atomic E-state index is -0.674. The van der Waals surface area contributed by atoms with Gasteiger partial charge in [0.1, 0.15) is 17.7 Å². The van der Waals surface area contributed by atoms with E-state index >= 15 is 0 Å². The molecule has 1 atom stereocenters. The van der Waals surface area contributed by atoms with Gasteiger partial charge < -0.3 is 10.3 Å². The van der Waals surface area contributed by atoms with Gasteiger partial charge in [-0.25, -0.2) is 9.37 Å². The van der Waals surface area contributed by atoms with Crippen molar-refractivity contribution in [3.8, 4) is 0 Å². The van der Waals surface area contributed by atoms with Crippen LogP contribution in [0.5, 0.6) is 0 Å². The van der Waals surface area contributed by atoms with E-state index in [4.69, 9.17) is 0 Å². The van der Waals surface area contributed by atoms with E-state index in [0.717, 1.165) is 22.4 Å². The van der Waals surface area contributed by atoms with E-state index in [0.29, 0.717) is 18.5 Å². The van der Waals surface area contributed by atoms with Crippen molar-refractivity contribution in [1.82, 2.24) is 20.2 Å². The zero-order valence-electron chi connectivity index (χ0n) is 16.1. The van der Waals surface area contributed by atoms with Gasteiger partial charge in [-0.3, -0.25) is 9.69 Å². The van der Waals surface area contributed by atoms with Crippen LogP contribution in [0.4, 0.5) is 4.39 Å². The van der Waals surface area contributed by atoms with Crippen molar-refractivity contribution >= 4 is 16.9 Å². The average Bonchev–Trinajstić information content (AvgIpc) is 3.04. The van der Waals surface area contributed by atoms with Crippen molar-refractivity contribution in [2.24, 2.45) is 0 Å². The Bertz CT molecular complexity index is 964. The van der Waals surface area contributed by atoms with Crippen LogP contribution in [0.3, 0.4) is 0 Å². The summed E-state index contributed by atoms with van der Waals surface area (Å²) in [4.78, 5) is 22.3. The third-order valence-electron chi connectivity index (χ3n) is 4.85. The van der Waals surface area contributed by atoms with E-state index < -0.39 is 6.04 Å². The number of rotatable bonds is 6. The van der Waals surface area contributed by atoms with Crippen LogP contribution in [-0.4, -0.2) is 41.4 Å². The number of amides is 1. The standard InChI is InChI=1S/C21H25FN4O/c1-13-9-10-17-19(14(13)2)25-18(24-17)11-12-23-21(27)20(26(3)4)15-7-5-6-8-16(15)22/h5-10,20H,11-12H2,1-4H3,(H,23,27)(H,24,25)/t20-/m0/s1. The number of nitrogens with zero attached hydrogens (tertiary/aromatic N) is 2. The van der Waals surface area contributed by atoms with Crippen LogP contribution in [0, 0.1) is 19.7 Å². The topological polar surface area (TPSA) is 61.0 Å². The van der Waals surface area contributed by atoms with E-state index in [-0.39, 0.29) is 11.7 Å². The van der Waals surface area contributed by atoms with Crippen molar-refractivity contribution in [3.63, 3.8) is 0 Å². The molecule has 0 unspecified atom stereocenters. The zero-order valence-corrected chi connectivity index (χ0v) is 16.1. The molecule has 5 nitrogen and oxygen atoms in total. The molecule has 27 heavy (non-hydrogen) atoms. The molecular formula is C21H25FN4O. The first kappa shape index (κ1) is 19.0. The molecule has 1 aromatic heterocycles. The molecule has 3 aromatic rings. The summed E-state index contributed by atoms with van der Waals surface area (Å²) in [6, 6.07) is 9.79. The van der Waals surface area contributed by atoms with Crippen LogP contribution in [-0.2, 0) is 11.2 Å². The number of carbonyl (C=O) groups is 1. The molecule has 1 amide bonds. The quantitative estimate of drug-likeness (QED) is 0.702. The molecule has 1 heterocycles. The molecule has 0 saturated carbocycles. The molecule has 142 valence electrons. The summed E-state index contributed by atoms with van der Waals surface area (Å²) in [5.74, 6) is 0.217. The second kappa shape index (κ2) is 7.88.